The van der Waals surface area contributed by atoms with Crippen molar-refractivity contribution < 1.29 is 26.4 Å². The Morgan fingerprint density at radius 2 is 1.86 bits per heavy atom. The van der Waals surface area contributed by atoms with Crippen LogP contribution in [0.1, 0.15) is 11.1 Å². The molecule has 0 unspecified atom stereocenters. The zero-order chi connectivity index (χ0) is 21.3. The van der Waals surface area contributed by atoms with Gasteiger partial charge in [-0.1, -0.05) is 6.07 Å². The van der Waals surface area contributed by atoms with Gasteiger partial charge >= 0.3 is 6.18 Å². The van der Waals surface area contributed by atoms with Crippen molar-refractivity contribution in [1.29, 1.82) is 0 Å². The lowest BCUT2D eigenvalue weighted by atomic mass is 10.2. The zero-order valence-corrected chi connectivity index (χ0v) is 16.1. The molecule has 2 aromatic rings. The first kappa shape index (κ1) is 21.6. The summed E-state index contributed by atoms with van der Waals surface area (Å²) in [5.41, 5.74) is -2.13. The van der Waals surface area contributed by atoms with Gasteiger partial charge < -0.3 is 9.88 Å². The molecule has 1 N–H and O–H groups in total. The van der Waals surface area contributed by atoms with E-state index in [2.05, 4.69) is 5.32 Å². The third-order valence-corrected chi connectivity index (χ3v) is 5.83. The third-order valence-electron chi connectivity index (χ3n) is 3.87. The molecule has 1 heterocycles. The second-order valence-electron chi connectivity index (χ2n) is 6.17. The van der Waals surface area contributed by atoms with Crippen molar-refractivity contribution in [3.8, 4) is 0 Å². The number of amides is 1. The Morgan fingerprint density at radius 1 is 1.21 bits per heavy atom. The van der Waals surface area contributed by atoms with Crippen LogP contribution in [-0.2, 0) is 27.5 Å². The summed E-state index contributed by atoms with van der Waals surface area (Å²) in [7, 11) is -1.03. The van der Waals surface area contributed by atoms with E-state index in [4.69, 9.17) is 0 Å². The molecule has 0 atom stereocenters. The summed E-state index contributed by atoms with van der Waals surface area (Å²) in [5.74, 6) is -0.779. The van der Waals surface area contributed by atoms with Crippen molar-refractivity contribution in [3.63, 3.8) is 0 Å². The highest BCUT2D eigenvalue weighted by Crippen LogP contribution is 2.26. The summed E-state index contributed by atoms with van der Waals surface area (Å²) < 4.78 is 64.7. The van der Waals surface area contributed by atoms with Crippen LogP contribution < -0.4 is 10.9 Å². The summed E-state index contributed by atoms with van der Waals surface area (Å²) in [6.07, 6.45) is -3.77. The number of hydrogen-bond donors (Lipinski definition) is 1. The first-order chi connectivity index (χ1) is 12.8. The van der Waals surface area contributed by atoms with E-state index in [1.54, 1.807) is 6.92 Å². The van der Waals surface area contributed by atoms with Crippen molar-refractivity contribution in [2.24, 2.45) is 0 Å². The lowest BCUT2D eigenvalue weighted by Crippen LogP contribution is -2.32. The molecule has 7 nitrogen and oxygen atoms in total. The number of hydrogen-bond acceptors (Lipinski definition) is 4. The van der Waals surface area contributed by atoms with Gasteiger partial charge in [-0.3, -0.25) is 9.59 Å². The molecule has 0 fully saturated rings. The van der Waals surface area contributed by atoms with Crippen LogP contribution in [0.3, 0.4) is 0 Å². The maximum Gasteiger partial charge on any atom is 0.421 e. The molecule has 152 valence electrons. The molecule has 0 saturated carbocycles. The first-order valence-electron chi connectivity index (χ1n) is 7.93. The van der Waals surface area contributed by atoms with Gasteiger partial charge in [-0.15, -0.1) is 0 Å². The van der Waals surface area contributed by atoms with E-state index in [1.807, 2.05) is 0 Å². The smallest absolute Gasteiger partial charge is 0.324 e. The minimum Gasteiger partial charge on any atom is -0.324 e. The van der Waals surface area contributed by atoms with E-state index in [0.717, 1.165) is 16.6 Å². The monoisotopic (exact) mass is 417 g/mol. The van der Waals surface area contributed by atoms with E-state index >= 15 is 0 Å². The molecule has 0 aliphatic rings. The summed E-state index contributed by atoms with van der Waals surface area (Å²) >= 11 is 0. The minimum absolute atomic E-state index is 0.0217. The van der Waals surface area contributed by atoms with Gasteiger partial charge in [0.25, 0.3) is 5.56 Å². The average Bonchev–Trinajstić information content (AvgIpc) is 2.57. The number of sulfonamides is 1. The Balaban J connectivity index is 2.27. The fraction of sp³-hybridized carbons (Fsp3) is 0.294. The van der Waals surface area contributed by atoms with Crippen molar-refractivity contribution >= 4 is 21.6 Å². The average molecular weight is 417 g/mol. The number of nitrogens with one attached hydrogen (secondary N) is 1. The molecule has 0 radical (unpaired) electrons. The maximum atomic E-state index is 12.8. The number of benzene rings is 1. The summed E-state index contributed by atoms with van der Waals surface area (Å²) in [6.45, 7) is 0.927. The van der Waals surface area contributed by atoms with Crippen molar-refractivity contribution in [2.75, 3.05) is 19.4 Å². The number of anilines is 1. The molecular weight excluding hydrogens is 399 g/mol. The van der Waals surface area contributed by atoms with Gasteiger partial charge in [0.2, 0.25) is 15.9 Å². The largest absolute Gasteiger partial charge is 0.421 e. The van der Waals surface area contributed by atoms with E-state index in [0.29, 0.717) is 16.2 Å². The van der Waals surface area contributed by atoms with Crippen molar-refractivity contribution in [2.45, 2.75) is 24.5 Å². The van der Waals surface area contributed by atoms with Crippen LogP contribution in [0.2, 0.25) is 0 Å². The Hall–Kier alpha value is -2.66. The second kappa shape index (κ2) is 7.76. The van der Waals surface area contributed by atoms with Crippen molar-refractivity contribution in [3.05, 3.63) is 58.0 Å². The number of pyridine rings is 1. The molecule has 28 heavy (non-hydrogen) atoms. The first-order valence-corrected chi connectivity index (χ1v) is 9.37. The van der Waals surface area contributed by atoms with Crippen LogP contribution in [0.15, 0.2) is 46.2 Å². The Kier molecular flexibility index (Phi) is 6.00. The third kappa shape index (κ3) is 4.60. The molecule has 0 aliphatic carbocycles. The standard InChI is InChI=1S/C17H18F3N3O4S/c1-11-6-7-12(9-14(11)28(26,27)22(2)3)21-15(24)10-23-8-4-5-13(16(23)25)17(18,19)20/h4-9H,10H2,1-3H3,(H,21,24). The molecule has 2 rings (SSSR count). The van der Waals surface area contributed by atoms with E-state index in [9.17, 15) is 31.2 Å². The summed E-state index contributed by atoms with van der Waals surface area (Å²) in [5, 5.41) is 2.39. The molecule has 0 saturated heterocycles. The van der Waals surface area contributed by atoms with E-state index in [1.165, 1.54) is 32.3 Å². The number of halogens is 3. The second-order valence-corrected chi connectivity index (χ2v) is 8.29. The van der Waals surface area contributed by atoms with Gasteiger partial charge in [0.15, 0.2) is 0 Å². The normalized spacial score (nSPS) is 12.2. The number of nitrogens with zero attached hydrogens (tertiary/aromatic N) is 2. The molecule has 0 aliphatic heterocycles. The molecular formula is C17H18F3N3O4S. The number of alkyl halides is 3. The van der Waals surface area contributed by atoms with E-state index < -0.39 is 39.8 Å². The Labute approximate surface area is 159 Å². The fourth-order valence-corrected chi connectivity index (χ4v) is 3.53. The highest BCUT2D eigenvalue weighted by atomic mass is 32.2. The van der Waals surface area contributed by atoms with Crippen LogP contribution in [0, 0.1) is 6.92 Å². The molecule has 0 spiro atoms. The van der Waals surface area contributed by atoms with Gasteiger partial charge in [-0.25, -0.2) is 12.7 Å². The topological polar surface area (TPSA) is 88.5 Å². The zero-order valence-electron chi connectivity index (χ0n) is 15.2. The highest BCUT2D eigenvalue weighted by molar-refractivity contribution is 7.89. The van der Waals surface area contributed by atoms with Gasteiger partial charge in [0, 0.05) is 26.0 Å². The van der Waals surface area contributed by atoms with E-state index in [-0.39, 0.29) is 10.6 Å². The number of carbonyl (C=O) groups excluding carboxylic acids is 1. The highest BCUT2D eigenvalue weighted by Gasteiger charge is 2.34. The SMILES string of the molecule is Cc1ccc(NC(=O)Cn2cccc(C(F)(F)F)c2=O)cc1S(=O)(=O)N(C)C. The van der Waals surface area contributed by atoms with Crippen LogP contribution in [0.4, 0.5) is 18.9 Å². The van der Waals surface area contributed by atoms with Crippen LogP contribution in [0.25, 0.3) is 0 Å². The van der Waals surface area contributed by atoms with Crippen LogP contribution in [0.5, 0.6) is 0 Å². The molecule has 11 heteroatoms. The van der Waals surface area contributed by atoms with Crippen molar-refractivity contribution in [1.82, 2.24) is 8.87 Å². The lowest BCUT2D eigenvalue weighted by molar-refractivity contribution is -0.139. The Bertz CT molecular complexity index is 1060. The summed E-state index contributed by atoms with van der Waals surface area (Å²) in [6, 6.07) is 5.84. The number of rotatable bonds is 5. The van der Waals surface area contributed by atoms with Crippen LogP contribution >= 0.6 is 0 Å². The van der Waals surface area contributed by atoms with Gasteiger partial charge in [-0.05, 0) is 36.8 Å². The number of aromatic nitrogens is 1. The fourth-order valence-electron chi connectivity index (χ4n) is 2.38. The number of aryl methyl sites for hydroxylation is 1. The Morgan fingerprint density at radius 3 is 2.43 bits per heavy atom. The van der Waals surface area contributed by atoms with Gasteiger partial charge in [-0.2, -0.15) is 13.2 Å². The molecule has 0 bridgehead atoms. The molecule has 1 amide bonds. The summed E-state index contributed by atoms with van der Waals surface area (Å²) in [4.78, 5) is 24.0. The minimum atomic E-state index is -4.83. The predicted octanol–water partition coefficient (Wildman–Crippen LogP) is 2.06. The number of carbonyl (C=O) groups is 1. The van der Waals surface area contributed by atoms with Gasteiger partial charge in [0.05, 0.1) is 4.90 Å². The lowest BCUT2D eigenvalue weighted by Gasteiger charge is -2.15. The molecule has 1 aromatic carbocycles. The maximum absolute atomic E-state index is 12.8. The van der Waals surface area contributed by atoms with Gasteiger partial charge in [0.1, 0.15) is 12.1 Å². The molecule has 1 aromatic heterocycles. The quantitative estimate of drug-likeness (QED) is 0.807. The predicted molar refractivity (Wildman–Crippen MR) is 96.4 cm³/mol. The van der Waals surface area contributed by atoms with Crippen LogP contribution in [-0.4, -0.2) is 37.3 Å².